The lowest BCUT2D eigenvalue weighted by atomic mass is 9.72. The molecule has 1 saturated heterocycles. The Hall–Kier alpha value is -2.56. The monoisotopic (exact) mass is 393 g/mol. The van der Waals surface area contributed by atoms with Gasteiger partial charge in [0.15, 0.2) is 0 Å². The second-order valence-corrected chi connectivity index (χ2v) is 7.82. The molecule has 0 amide bonds. The van der Waals surface area contributed by atoms with Crippen molar-refractivity contribution >= 4 is 0 Å². The number of likely N-dealkylation sites (tertiary alicyclic amines) is 1. The van der Waals surface area contributed by atoms with E-state index < -0.39 is 5.60 Å². The van der Waals surface area contributed by atoms with Gasteiger partial charge in [-0.3, -0.25) is 4.90 Å². The molecule has 29 heavy (non-hydrogen) atoms. The van der Waals surface area contributed by atoms with E-state index in [1.54, 1.807) is 24.3 Å². The maximum atomic E-state index is 13.5. The second-order valence-electron chi connectivity index (χ2n) is 7.82. The molecule has 3 aromatic rings. The molecule has 1 fully saturated rings. The highest BCUT2D eigenvalue weighted by Gasteiger charge is 2.41. The third-order valence-corrected chi connectivity index (χ3v) is 6.00. The van der Waals surface area contributed by atoms with Crippen LogP contribution in [0.5, 0.6) is 0 Å². The molecule has 1 aliphatic rings. The molecule has 2 nitrogen and oxygen atoms in total. The Morgan fingerprint density at radius 2 is 1.24 bits per heavy atom. The summed E-state index contributed by atoms with van der Waals surface area (Å²) in [6.45, 7) is 2.62. The number of hydrogen-bond donors (Lipinski definition) is 1. The summed E-state index contributed by atoms with van der Waals surface area (Å²) in [5.41, 5.74) is 1.29. The van der Waals surface area contributed by atoms with Crippen molar-refractivity contribution in [2.75, 3.05) is 13.1 Å². The van der Waals surface area contributed by atoms with E-state index in [0.717, 1.165) is 32.5 Å². The van der Waals surface area contributed by atoms with Crippen molar-refractivity contribution < 1.29 is 13.9 Å². The molecular formula is C25H25F2NO. The zero-order valence-corrected chi connectivity index (χ0v) is 16.3. The Bertz CT molecular complexity index is 872. The van der Waals surface area contributed by atoms with Gasteiger partial charge >= 0.3 is 0 Å². The summed E-state index contributed by atoms with van der Waals surface area (Å²) in [7, 11) is 0. The van der Waals surface area contributed by atoms with Crippen LogP contribution in [0.15, 0.2) is 78.9 Å². The molecular weight excluding hydrogens is 368 g/mol. The smallest absolute Gasteiger partial charge is 0.123 e. The van der Waals surface area contributed by atoms with Crippen LogP contribution in [0.25, 0.3) is 0 Å². The van der Waals surface area contributed by atoms with Crippen LogP contribution in [0, 0.1) is 17.6 Å². The SMILES string of the molecule is OC(c1ccc(F)cc1)(c1ccc(F)cc1)C1CCN(Cc2ccccc2)CC1. The van der Waals surface area contributed by atoms with Gasteiger partial charge in [-0.1, -0.05) is 54.6 Å². The predicted octanol–water partition coefficient (Wildman–Crippen LogP) is 5.11. The molecule has 1 heterocycles. The highest BCUT2D eigenvalue weighted by Crippen LogP contribution is 2.42. The highest BCUT2D eigenvalue weighted by molar-refractivity contribution is 5.37. The predicted molar refractivity (Wildman–Crippen MR) is 110 cm³/mol. The number of benzene rings is 3. The minimum atomic E-state index is -1.28. The van der Waals surface area contributed by atoms with Crippen LogP contribution >= 0.6 is 0 Å². The van der Waals surface area contributed by atoms with Crippen LogP contribution in [0.3, 0.4) is 0 Å². The van der Waals surface area contributed by atoms with E-state index in [2.05, 4.69) is 17.0 Å². The molecule has 0 unspecified atom stereocenters. The first kappa shape index (κ1) is 19.7. The van der Waals surface area contributed by atoms with E-state index in [-0.39, 0.29) is 17.6 Å². The Labute approximate surface area is 170 Å². The van der Waals surface area contributed by atoms with Gasteiger partial charge in [-0.25, -0.2) is 8.78 Å². The standard InChI is InChI=1S/C25H25F2NO/c26-23-10-6-20(7-11-23)25(29,21-8-12-24(27)13-9-21)22-14-16-28(17-15-22)18-19-4-2-1-3-5-19/h1-13,22,29H,14-18H2. The summed E-state index contributed by atoms with van der Waals surface area (Å²) in [5.74, 6) is -0.716. The molecule has 0 aromatic heterocycles. The van der Waals surface area contributed by atoms with Gasteiger partial charge in [0.2, 0.25) is 0 Å². The molecule has 0 aliphatic carbocycles. The molecule has 0 radical (unpaired) electrons. The maximum Gasteiger partial charge on any atom is 0.123 e. The van der Waals surface area contributed by atoms with Gasteiger partial charge in [-0.05, 0) is 72.8 Å². The van der Waals surface area contributed by atoms with Gasteiger partial charge < -0.3 is 5.11 Å². The molecule has 1 N–H and O–H groups in total. The number of halogens is 2. The topological polar surface area (TPSA) is 23.5 Å². The number of hydrogen-bond acceptors (Lipinski definition) is 2. The minimum absolute atomic E-state index is 0.0366. The molecule has 150 valence electrons. The van der Waals surface area contributed by atoms with Crippen LogP contribution in [0.1, 0.15) is 29.5 Å². The Balaban J connectivity index is 1.57. The lowest BCUT2D eigenvalue weighted by Crippen LogP contribution is -2.44. The van der Waals surface area contributed by atoms with E-state index in [0.29, 0.717) is 11.1 Å². The zero-order chi connectivity index (χ0) is 20.3. The normalized spacial score (nSPS) is 16.1. The highest BCUT2D eigenvalue weighted by atomic mass is 19.1. The average molecular weight is 393 g/mol. The van der Waals surface area contributed by atoms with E-state index in [1.807, 2.05) is 18.2 Å². The van der Waals surface area contributed by atoms with Gasteiger partial charge in [0.1, 0.15) is 17.2 Å². The number of nitrogens with zero attached hydrogens (tertiary/aromatic N) is 1. The van der Waals surface area contributed by atoms with Gasteiger partial charge in [-0.2, -0.15) is 0 Å². The van der Waals surface area contributed by atoms with Crippen LogP contribution in [-0.4, -0.2) is 23.1 Å². The van der Waals surface area contributed by atoms with E-state index in [9.17, 15) is 13.9 Å². The maximum absolute atomic E-state index is 13.5. The summed E-state index contributed by atoms with van der Waals surface area (Å²) < 4.78 is 27.0. The number of aliphatic hydroxyl groups is 1. The zero-order valence-electron chi connectivity index (χ0n) is 16.3. The first-order chi connectivity index (χ1) is 14.1. The van der Waals surface area contributed by atoms with E-state index >= 15 is 0 Å². The van der Waals surface area contributed by atoms with E-state index in [4.69, 9.17) is 0 Å². The molecule has 1 aliphatic heterocycles. The minimum Gasteiger partial charge on any atom is -0.380 e. The average Bonchev–Trinajstić information content (AvgIpc) is 2.75. The van der Waals surface area contributed by atoms with Crippen LogP contribution in [0.4, 0.5) is 8.78 Å². The fourth-order valence-electron chi connectivity index (χ4n) is 4.40. The Kier molecular flexibility index (Phi) is 5.74. The summed E-state index contributed by atoms with van der Waals surface area (Å²) in [4.78, 5) is 2.39. The van der Waals surface area contributed by atoms with Crippen molar-refractivity contribution in [3.8, 4) is 0 Å². The Morgan fingerprint density at radius 1 is 0.759 bits per heavy atom. The van der Waals surface area contributed by atoms with Crippen molar-refractivity contribution in [1.29, 1.82) is 0 Å². The van der Waals surface area contributed by atoms with Gasteiger partial charge in [0, 0.05) is 6.54 Å². The van der Waals surface area contributed by atoms with Crippen molar-refractivity contribution in [3.05, 3.63) is 107 Å². The molecule has 0 spiro atoms. The summed E-state index contributed by atoms with van der Waals surface area (Å²) in [5, 5.41) is 11.9. The molecule has 0 atom stereocenters. The van der Waals surface area contributed by atoms with Crippen molar-refractivity contribution in [3.63, 3.8) is 0 Å². The van der Waals surface area contributed by atoms with Crippen LogP contribution in [0.2, 0.25) is 0 Å². The third kappa shape index (κ3) is 4.24. The first-order valence-electron chi connectivity index (χ1n) is 10.1. The number of piperidine rings is 1. The summed E-state index contributed by atoms with van der Waals surface area (Å²) in [6, 6.07) is 22.4. The molecule has 4 rings (SSSR count). The molecule has 0 bridgehead atoms. The fraction of sp³-hybridized carbons (Fsp3) is 0.280. The van der Waals surface area contributed by atoms with Gasteiger partial charge in [0.05, 0.1) is 0 Å². The third-order valence-electron chi connectivity index (χ3n) is 6.00. The van der Waals surface area contributed by atoms with Crippen molar-refractivity contribution in [2.24, 2.45) is 5.92 Å². The van der Waals surface area contributed by atoms with Gasteiger partial charge in [-0.15, -0.1) is 0 Å². The van der Waals surface area contributed by atoms with E-state index in [1.165, 1.54) is 29.8 Å². The summed E-state index contributed by atoms with van der Waals surface area (Å²) in [6.07, 6.45) is 1.61. The fourth-order valence-corrected chi connectivity index (χ4v) is 4.40. The van der Waals surface area contributed by atoms with Crippen LogP contribution < -0.4 is 0 Å². The first-order valence-corrected chi connectivity index (χ1v) is 10.1. The van der Waals surface area contributed by atoms with Crippen LogP contribution in [-0.2, 0) is 12.1 Å². The van der Waals surface area contributed by atoms with Crippen molar-refractivity contribution in [2.45, 2.75) is 25.0 Å². The molecule has 4 heteroatoms. The quantitative estimate of drug-likeness (QED) is 0.651. The van der Waals surface area contributed by atoms with Gasteiger partial charge in [0.25, 0.3) is 0 Å². The number of rotatable bonds is 5. The molecule has 3 aromatic carbocycles. The molecule has 0 saturated carbocycles. The van der Waals surface area contributed by atoms with Crippen molar-refractivity contribution in [1.82, 2.24) is 4.90 Å². The lowest BCUT2D eigenvalue weighted by molar-refractivity contribution is -0.0153. The lowest BCUT2D eigenvalue weighted by Gasteiger charge is -2.42. The summed E-state index contributed by atoms with van der Waals surface area (Å²) >= 11 is 0. The second kappa shape index (κ2) is 8.44. The largest absolute Gasteiger partial charge is 0.380 e. The Morgan fingerprint density at radius 3 is 1.72 bits per heavy atom.